The normalized spacial score (nSPS) is 10.8. The molecule has 1 N–H and O–H groups in total. The predicted molar refractivity (Wildman–Crippen MR) is 75.3 cm³/mol. The van der Waals surface area contributed by atoms with Crippen molar-refractivity contribution < 1.29 is 10.0 Å². The summed E-state index contributed by atoms with van der Waals surface area (Å²) in [7, 11) is 1.35. The minimum Gasteiger partial charge on any atom is -0.286 e. The van der Waals surface area contributed by atoms with Crippen LogP contribution in [0, 0.1) is 0 Å². The Labute approximate surface area is 110 Å². The van der Waals surface area contributed by atoms with Crippen molar-refractivity contribution in [2.75, 3.05) is 7.05 Å². The fourth-order valence-electron chi connectivity index (χ4n) is 2.41. The van der Waals surface area contributed by atoms with Crippen LogP contribution in [0.4, 0.5) is 0 Å². The summed E-state index contributed by atoms with van der Waals surface area (Å²) in [5.74, 6) is -0.395. The monoisotopic (exact) mass is 251 g/mol. The molecule has 0 fully saturated rings. The first kappa shape index (κ1) is 11.7. The largest absolute Gasteiger partial charge is 0.286 e. The quantitative estimate of drug-likeness (QED) is 0.409. The number of carbonyl (C=O) groups is 1. The second-order valence-corrected chi connectivity index (χ2v) is 4.52. The van der Waals surface area contributed by atoms with E-state index in [2.05, 4.69) is 6.07 Å². The predicted octanol–water partition coefficient (Wildman–Crippen LogP) is 3.45. The summed E-state index contributed by atoms with van der Waals surface area (Å²) >= 11 is 0. The first-order chi connectivity index (χ1) is 9.18. The van der Waals surface area contributed by atoms with Crippen LogP contribution in [0.1, 0.15) is 10.4 Å². The van der Waals surface area contributed by atoms with Gasteiger partial charge in [0.15, 0.2) is 0 Å². The maximum absolute atomic E-state index is 12.2. The van der Waals surface area contributed by atoms with Crippen molar-refractivity contribution in [3.05, 3.63) is 60.2 Å². The molecule has 1 amide bonds. The Bertz CT molecular complexity index is 724. The smallest absolute Gasteiger partial charge is 0.278 e. The van der Waals surface area contributed by atoms with E-state index in [0.29, 0.717) is 10.6 Å². The van der Waals surface area contributed by atoms with Gasteiger partial charge in [-0.3, -0.25) is 10.0 Å². The average molecular weight is 251 g/mol. The highest BCUT2D eigenvalue weighted by atomic mass is 16.5. The van der Waals surface area contributed by atoms with Crippen molar-refractivity contribution in [2.45, 2.75) is 0 Å². The number of fused-ring (bicyclic) bond motifs is 2. The molecule has 0 aliphatic carbocycles. The van der Waals surface area contributed by atoms with E-state index >= 15 is 0 Å². The van der Waals surface area contributed by atoms with Gasteiger partial charge in [-0.2, -0.15) is 0 Å². The molecule has 3 heteroatoms. The van der Waals surface area contributed by atoms with Crippen molar-refractivity contribution in [2.24, 2.45) is 0 Å². The fraction of sp³-hybridized carbons (Fsp3) is 0.0625. The van der Waals surface area contributed by atoms with Gasteiger partial charge in [0.05, 0.1) is 5.56 Å². The third kappa shape index (κ3) is 1.84. The van der Waals surface area contributed by atoms with Gasteiger partial charge in [-0.05, 0) is 27.6 Å². The highest BCUT2D eigenvalue weighted by Gasteiger charge is 2.17. The second kappa shape index (κ2) is 4.37. The Morgan fingerprint density at radius 2 is 1.42 bits per heavy atom. The number of nitrogens with zero attached hydrogens (tertiary/aromatic N) is 1. The van der Waals surface area contributed by atoms with Crippen LogP contribution in [-0.4, -0.2) is 23.2 Å². The van der Waals surface area contributed by atoms with Gasteiger partial charge in [0.1, 0.15) is 0 Å². The van der Waals surface area contributed by atoms with Crippen molar-refractivity contribution >= 4 is 27.5 Å². The summed E-state index contributed by atoms with van der Waals surface area (Å²) in [5.41, 5.74) is 0.540. The average Bonchev–Trinajstić information content (AvgIpc) is 2.43. The Hall–Kier alpha value is -2.39. The SMILES string of the molecule is CN(O)C(=O)c1c2ccccc2cc2ccccc12. The molecule has 0 bridgehead atoms. The Balaban J connectivity index is 2.50. The molecule has 3 nitrogen and oxygen atoms in total. The van der Waals surface area contributed by atoms with Crippen molar-refractivity contribution in [3.63, 3.8) is 0 Å². The number of amides is 1. The summed E-state index contributed by atoms with van der Waals surface area (Å²) in [6, 6.07) is 17.5. The molecule has 19 heavy (non-hydrogen) atoms. The molecule has 0 aliphatic rings. The van der Waals surface area contributed by atoms with Crippen molar-refractivity contribution in [3.8, 4) is 0 Å². The van der Waals surface area contributed by atoms with Crippen LogP contribution in [0.5, 0.6) is 0 Å². The van der Waals surface area contributed by atoms with E-state index in [1.165, 1.54) is 7.05 Å². The lowest BCUT2D eigenvalue weighted by molar-refractivity contribution is -0.0371. The molecule has 0 aromatic heterocycles. The third-order valence-electron chi connectivity index (χ3n) is 3.28. The number of hydrogen-bond acceptors (Lipinski definition) is 2. The highest BCUT2D eigenvalue weighted by molar-refractivity contribution is 6.17. The summed E-state index contributed by atoms with van der Waals surface area (Å²) in [4.78, 5) is 12.2. The molecule has 0 saturated carbocycles. The second-order valence-electron chi connectivity index (χ2n) is 4.52. The number of benzene rings is 3. The number of hydroxylamine groups is 2. The van der Waals surface area contributed by atoms with E-state index in [4.69, 9.17) is 0 Å². The lowest BCUT2D eigenvalue weighted by atomic mass is 9.96. The number of hydrogen-bond donors (Lipinski definition) is 1. The van der Waals surface area contributed by atoms with Crippen molar-refractivity contribution in [1.29, 1.82) is 0 Å². The lowest BCUT2D eigenvalue weighted by Crippen LogP contribution is -2.23. The summed E-state index contributed by atoms with van der Waals surface area (Å²) in [5, 5.41) is 13.8. The van der Waals surface area contributed by atoms with Crippen LogP contribution in [-0.2, 0) is 0 Å². The standard InChI is InChI=1S/C16H13NO2/c1-17(19)16(18)15-13-8-4-2-6-11(13)10-12-7-3-5-9-14(12)15/h2-10,19H,1H3. The van der Waals surface area contributed by atoms with Gasteiger partial charge >= 0.3 is 0 Å². The molecule has 3 aromatic carbocycles. The Morgan fingerprint density at radius 1 is 0.947 bits per heavy atom. The van der Waals surface area contributed by atoms with Crippen molar-refractivity contribution in [1.82, 2.24) is 5.06 Å². The number of rotatable bonds is 1. The zero-order chi connectivity index (χ0) is 13.4. The third-order valence-corrected chi connectivity index (χ3v) is 3.28. The van der Waals surface area contributed by atoms with Crippen LogP contribution >= 0.6 is 0 Å². The van der Waals surface area contributed by atoms with Crippen LogP contribution in [0.25, 0.3) is 21.5 Å². The summed E-state index contributed by atoms with van der Waals surface area (Å²) in [6.07, 6.45) is 0. The van der Waals surface area contributed by atoms with E-state index in [-0.39, 0.29) is 0 Å². The first-order valence-corrected chi connectivity index (χ1v) is 6.06. The van der Waals surface area contributed by atoms with E-state index in [9.17, 15) is 10.0 Å². The van der Waals surface area contributed by atoms with Crippen LogP contribution in [0.15, 0.2) is 54.6 Å². The molecule has 3 rings (SSSR count). The molecule has 3 aromatic rings. The molecular formula is C16H13NO2. The molecule has 0 aliphatic heterocycles. The van der Waals surface area contributed by atoms with Gasteiger partial charge in [0.25, 0.3) is 5.91 Å². The minimum absolute atomic E-state index is 0.395. The van der Waals surface area contributed by atoms with Crippen LogP contribution in [0.3, 0.4) is 0 Å². The lowest BCUT2D eigenvalue weighted by Gasteiger charge is -2.14. The van der Waals surface area contributed by atoms with Gasteiger partial charge in [0, 0.05) is 7.05 Å². The molecular weight excluding hydrogens is 238 g/mol. The van der Waals surface area contributed by atoms with E-state index in [0.717, 1.165) is 21.5 Å². The number of carbonyl (C=O) groups excluding carboxylic acids is 1. The first-order valence-electron chi connectivity index (χ1n) is 6.06. The topological polar surface area (TPSA) is 40.5 Å². The van der Waals surface area contributed by atoms with Crippen LogP contribution < -0.4 is 0 Å². The van der Waals surface area contributed by atoms with E-state index < -0.39 is 5.91 Å². The molecule has 0 unspecified atom stereocenters. The highest BCUT2D eigenvalue weighted by Crippen LogP contribution is 2.29. The molecule has 0 radical (unpaired) electrons. The maximum atomic E-state index is 12.2. The minimum atomic E-state index is -0.395. The molecule has 0 atom stereocenters. The summed E-state index contributed by atoms with van der Waals surface area (Å²) in [6.45, 7) is 0. The molecule has 0 saturated heterocycles. The Morgan fingerprint density at radius 3 is 1.89 bits per heavy atom. The van der Waals surface area contributed by atoms with Gasteiger partial charge in [0.2, 0.25) is 0 Å². The molecule has 0 heterocycles. The summed E-state index contributed by atoms with van der Waals surface area (Å²) < 4.78 is 0. The molecule has 0 spiro atoms. The fourth-order valence-corrected chi connectivity index (χ4v) is 2.41. The van der Waals surface area contributed by atoms with E-state index in [1.807, 2.05) is 48.5 Å². The Kier molecular flexibility index (Phi) is 2.69. The van der Waals surface area contributed by atoms with Gasteiger partial charge in [-0.1, -0.05) is 48.5 Å². The van der Waals surface area contributed by atoms with Gasteiger partial charge < -0.3 is 0 Å². The zero-order valence-electron chi connectivity index (χ0n) is 10.5. The molecule has 94 valence electrons. The van der Waals surface area contributed by atoms with Gasteiger partial charge in [-0.15, -0.1) is 0 Å². The zero-order valence-corrected chi connectivity index (χ0v) is 10.5. The van der Waals surface area contributed by atoms with Crippen LogP contribution in [0.2, 0.25) is 0 Å². The van der Waals surface area contributed by atoms with Gasteiger partial charge in [-0.25, -0.2) is 5.06 Å². The maximum Gasteiger partial charge on any atom is 0.278 e. The van der Waals surface area contributed by atoms with E-state index in [1.54, 1.807) is 0 Å².